The van der Waals surface area contributed by atoms with Gasteiger partial charge in [0.1, 0.15) is 18.2 Å². The van der Waals surface area contributed by atoms with Crippen LogP contribution in [0.4, 0.5) is 9.18 Å². The molecule has 3 aromatic rings. The van der Waals surface area contributed by atoms with E-state index in [4.69, 9.17) is 4.74 Å². The van der Waals surface area contributed by atoms with Crippen LogP contribution in [0, 0.1) is 13.0 Å². The first-order valence-corrected chi connectivity index (χ1v) is 12.5. The zero-order valence-electron chi connectivity index (χ0n) is 16.6. The SMILES string of the molecule is O=C1S/C(=C/c2cc(I)c(OCc3ccccc3)c(I)c2)C(=O)N1Cc1ccc(F)cc1. The fourth-order valence-corrected chi connectivity index (χ4v) is 6.06. The van der Waals surface area contributed by atoms with Crippen LogP contribution in [0.5, 0.6) is 5.75 Å². The summed E-state index contributed by atoms with van der Waals surface area (Å²) < 4.78 is 21.0. The molecule has 1 aliphatic rings. The highest BCUT2D eigenvalue weighted by Gasteiger charge is 2.35. The summed E-state index contributed by atoms with van der Waals surface area (Å²) in [5.41, 5.74) is 2.59. The summed E-state index contributed by atoms with van der Waals surface area (Å²) in [6, 6.07) is 19.6. The molecule has 0 unspecified atom stereocenters. The van der Waals surface area contributed by atoms with Crippen molar-refractivity contribution in [3.63, 3.8) is 0 Å². The number of rotatable bonds is 6. The zero-order valence-corrected chi connectivity index (χ0v) is 21.7. The summed E-state index contributed by atoms with van der Waals surface area (Å²) in [7, 11) is 0. The number of carbonyl (C=O) groups is 2. The van der Waals surface area contributed by atoms with Crippen molar-refractivity contribution in [1.29, 1.82) is 0 Å². The molecule has 3 aromatic carbocycles. The summed E-state index contributed by atoms with van der Waals surface area (Å²) in [5.74, 6) is 0.0820. The molecule has 0 spiro atoms. The average molecular weight is 671 g/mol. The van der Waals surface area contributed by atoms with Crippen molar-refractivity contribution in [2.24, 2.45) is 0 Å². The number of imide groups is 1. The van der Waals surface area contributed by atoms with Crippen LogP contribution in [-0.2, 0) is 17.9 Å². The number of hydrogen-bond acceptors (Lipinski definition) is 4. The molecule has 0 atom stereocenters. The third kappa shape index (κ3) is 5.52. The van der Waals surface area contributed by atoms with Crippen LogP contribution in [0.2, 0.25) is 0 Å². The minimum atomic E-state index is -0.358. The van der Waals surface area contributed by atoms with Crippen LogP contribution in [-0.4, -0.2) is 16.0 Å². The second kappa shape index (κ2) is 10.3. The lowest BCUT2D eigenvalue weighted by Gasteiger charge is -2.12. The highest BCUT2D eigenvalue weighted by Crippen LogP contribution is 2.35. The number of nitrogens with zero attached hydrogens (tertiary/aromatic N) is 1. The van der Waals surface area contributed by atoms with Crippen LogP contribution in [0.1, 0.15) is 16.7 Å². The Balaban J connectivity index is 1.50. The number of hydrogen-bond donors (Lipinski definition) is 0. The molecular formula is C24H16FI2NO3S. The van der Waals surface area contributed by atoms with Gasteiger partial charge >= 0.3 is 0 Å². The maximum absolute atomic E-state index is 13.1. The van der Waals surface area contributed by atoms with E-state index in [0.717, 1.165) is 35.8 Å². The van der Waals surface area contributed by atoms with Crippen molar-refractivity contribution in [2.45, 2.75) is 13.2 Å². The van der Waals surface area contributed by atoms with Gasteiger partial charge in [0.15, 0.2) is 0 Å². The van der Waals surface area contributed by atoms with Crippen molar-refractivity contribution >= 4 is 74.2 Å². The Kier molecular flexibility index (Phi) is 7.51. The highest BCUT2D eigenvalue weighted by molar-refractivity contribution is 14.1. The molecule has 4 rings (SSSR count). The van der Waals surface area contributed by atoms with Crippen LogP contribution in [0.25, 0.3) is 6.08 Å². The van der Waals surface area contributed by atoms with E-state index < -0.39 is 0 Å². The monoisotopic (exact) mass is 671 g/mol. The molecular weight excluding hydrogens is 655 g/mol. The predicted molar refractivity (Wildman–Crippen MR) is 141 cm³/mol. The Labute approximate surface area is 216 Å². The summed E-state index contributed by atoms with van der Waals surface area (Å²) in [6.45, 7) is 0.581. The molecule has 0 aliphatic carbocycles. The van der Waals surface area contributed by atoms with Crippen LogP contribution in [0.15, 0.2) is 71.6 Å². The Morgan fingerprint density at radius 1 is 0.938 bits per heavy atom. The van der Waals surface area contributed by atoms with Gasteiger partial charge in [0.25, 0.3) is 11.1 Å². The van der Waals surface area contributed by atoms with Gasteiger partial charge in [0, 0.05) is 0 Å². The maximum atomic E-state index is 13.1. The summed E-state index contributed by atoms with van der Waals surface area (Å²) in [6.07, 6.45) is 1.72. The number of amides is 2. The van der Waals surface area contributed by atoms with Gasteiger partial charge < -0.3 is 4.74 Å². The first-order valence-electron chi connectivity index (χ1n) is 9.56. The number of halogens is 3. The largest absolute Gasteiger partial charge is 0.487 e. The summed E-state index contributed by atoms with van der Waals surface area (Å²) in [4.78, 5) is 26.7. The molecule has 1 fully saturated rings. The van der Waals surface area contributed by atoms with Crippen molar-refractivity contribution in [3.05, 3.63) is 101 Å². The van der Waals surface area contributed by atoms with Gasteiger partial charge in [0.2, 0.25) is 0 Å². The molecule has 4 nitrogen and oxygen atoms in total. The minimum absolute atomic E-state index is 0.115. The standard InChI is InChI=1S/C24H16FI2NO3S/c25-18-8-6-15(7-9-18)13-28-23(29)21(32-24(28)30)12-17-10-19(26)22(20(27)11-17)31-14-16-4-2-1-3-5-16/h1-12H,13-14H2/b21-12+. The van der Waals surface area contributed by atoms with E-state index >= 15 is 0 Å². The van der Waals surface area contributed by atoms with E-state index in [0.29, 0.717) is 17.1 Å². The van der Waals surface area contributed by atoms with Gasteiger partial charge in [-0.15, -0.1) is 0 Å². The highest BCUT2D eigenvalue weighted by atomic mass is 127. The van der Waals surface area contributed by atoms with E-state index in [1.165, 1.54) is 17.0 Å². The lowest BCUT2D eigenvalue weighted by molar-refractivity contribution is -0.123. The number of ether oxygens (including phenoxy) is 1. The van der Waals surface area contributed by atoms with Crippen molar-refractivity contribution in [3.8, 4) is 5.75 Å². The molecule has 32 heavy (non-hydrogen) atoms. The van der Waals surface area contributed by atoms with Gasteiger partial charge in [0.05, 0.1) is 18.6 Å². The second-order valence-electron chi connectivity index (χ2n) is 6.98. The third-order valence-corrected chi connectivity index (χ3v) is 7.18. The smallest absolute Gasteiger partial charge is 0.293 e. The second-order valence-corrected chi connectivity index (χ2v) is 10.3. The minimum Gasteiger partial charge on any atom is -0.487 e. The van der Waals surface area contributed by atoms with Crippen molar-refractivity contribution < 1.29 is 18.7 Å². The van der Waals surface area contributed by atoms with Crippen molar-refractivity contribution in [1.82, 2.24) is 4.90 Å². The Morgan fingerprint density at radius 2 is 1.59 bits per heavy atom. The van der Waals surface area contributed by atoms with Crippen LogP contribution in [0.3, 0.4) is 0 Å². The van der Waals surface area contributed by atoms with E-state index in [-0.39, 0.29) is 23.5 Å². The fraction of sp³-hybridized carbons (Fsp3) is 0.0833. The average Bonchev–Trinajstić information content (AvgIpc) is 3.02. The molecule has 0 bridgehead atoms. The van der Waals surface area contributed by atoms with Gasteiger partial charge in [-0.1, -0.05) is 42.5 Å². The molecule has 1 heterocycles. The van der Waals surface area contributed by atoms with Gasteiger partial charge in [-0.3, -0.25) is 14.5 Å². The Bertz CT molecular complexity index is 1180. The molecule has 0 aromatic heterocycles. The molecule has 162 valence electrons. The van der Waals surface area contributed by atoms with E-state index in [1.807, 2.05) is 42.5 Å². The molecule has 2 amide bonds. The molecule has 1 aliphatic heterocycles. The normalized spacial score (nSPS) is 15.0. The quantitative estimate of drug-likeness (QED) is 0.213. The van der Waals surface area contributed by atoms with E-state index in [2.05, 4.69) is 45.2 Å². The van der Waals surface area contributed by atoms with Gasteiger partial charge in [-0.2, -0.15) is 0 Å². The predicted octanol–water partition coefficient (Wildman–Crippen LogP) is 6.85. The first-order chi connectivity index (χ1) is 15.4. The van der Waals surface area contributed by atoms with Gasteiger partial charge in [-0.25, -0.2) is 4.39 Å². The van der Waals surface area contributed by atoms with E-state index in [9.17, 15) is 14.0 Å². The zero-order chi connectivity index (χ0) is 22.7. The molecule has 0 N–H and O–H groups in total. The Morgan fingerprint density at radius 3 is 2.25 bits per heavy atom. The van der Waals surface area contributed by atoms with Crippen molar-refractivity contribution in [2.75, 3.05) is 0 Å². The molecule has 0 radical (unpaired) electrons. The molecule has 8 heteroatoms. The molecule has 0 saturated carbocycles. The topological polar surface area (TPSA) is 46.6 Å². The maximum Gasteiger partial charge on any atom is 0.293 e. The van der Waals surface area contributed by atoms with Crippen LogP contribution < -0.4 is 4.74 Å². The number of carbonyl (C=O) groups excluding carboxylic acids is 2. The summed E-state index contributed by atoms with van der Waals surface area (Å²) in [5, 5.41) is -0.335. The first kappa shape index (κ1) is 23.2. The third-order valence-electron chi connectivity index (χ3n) is 4.67. The lowest BCUT2D eigenvalue weighted by atomic mass is 10.2. The number of thioether (sulfide) groups is 1. The van der Waals surface area contributed by atoms with E-state index in [1.54, 1.807) is 18.2 Å². The number of benzene rings is 3. The molecule has 1 saturated heterocycles. The Hall–Kier alpha value is -1.92. The van der Waals surface area contributed by atoms with Gasteiger partial charge in [-0.05, 0) is 104 Å². The van der Waals surface area contributed by atoms with Crippen LogP contribution >= 0.6 is 56.9 Å². The summed E-state index contributed by atoms with van der Waals surface area (Å²) >= 11 is 5.34. The lowest BCUT2D eigenvalue weighted by Crippen LogP contribution is -2.27. The fourth-order valence-electron chi connectivity index (χ4n) is 3.09.